The van der Waals surface area contributed by atoms with Crippen molar-refractivity contribution in [1.29, 1.82) is 0 Å². The average molecular weight is 282 g/mol. The maximum Gasteiger partial charge on any atom is 0.244 e. The van der Waals surface area contributed by atoms with Crippen molar-refractivity contribution in [3.8, 4) is 0 Å². The van der Waals surface area contributed by atoms with Gasteiger partial charge in [-0.15, -0.1) is 0 Å². The Kier molecular flexibility index (Phi) is 4.77. The molecule has 0 spiro atoms. The smallest absolute Gasteiger partial charge is 0.244 e. The Bertz CT molecular complexity index is 487. The Morgan fingerprint density at radius 2 is 1.84 bits per heavy atom. The molecule has 0 radical (unpaired) electrons. The third-order valence-electron chi connectivity index (χ3n) is 3.28. The van der Waals surface area contributed by atoms with Crippen molar-refractivity contribution in [2.45, 2.75) is 38.8 Å². The van der Waals surface area contributed by atoms with Crippen molar-refractivity contribution in [1.82, 2.24) is 5.32 Å². The maximum absolute atomic E-state index is 11.8. The Labute approximate surface area is 119 Å². The molecule has 0 unspecified atom stereocenters. The molecule has 0 heterocycles. The van der Waals surface area contributed by atoms with Crippen molar-refractivity contribution in [2.24, 2.45) is 0 Å². The first-order valence-electron chi connectivity index (χ1n) is 6.10. The van der Waals surface area contributed by atoms with Crippen LogP contribution in [0.25, 0.3) is 6.08 Å². The van der Waals surface area contributed by atoms with Crippen molar-refractivity contribution in [3.63, 3.8) is 0 Å². The average Bonchev–Trinajstić information content (AvgIpc) is 2.26. The predicted octanol–water partition coefficient (Wildman–Crippen LogP) is 3.02. The van der Waals surface area contributed by atoms with E-state index in [1.165, 1.54) is 6.08 Å². The third-order valence-corrected chi connectivity index (χ3v) is 3.63. The van der Waals surface area contributed by atoms with Gasteiger partial charge >= 0.3 is 0 Å². The Morgan fingerprint density at radius 3 is 2.37 bits per heavy atom. The highest BCUT2D eigenvalue weighted by Crippen LogP contribution is 2.20. The summed E-state index contributed by atoms with van der Waals surface area (Å²) in [5.41, 5.74) is -0.962. The number of hydrogen-bond acceptors (Lipinski definition) is 2. The van der Waals surface area contributed by atoms with Gasteiger partial charge in [0.25, 0.3) is 0 Å². The second-order valence-corrected chi connectivity index (χ2v) is 5.94. The van der Waals surface area contributed by atoms with Crippen LogP contribution >= 0.6 is 11.6 Å². The number of nitrogens with one attached hydrogen (secondary N) is 1. The van der Waals surface area contributed by atoms with Gasteiger partial charge < -0.3 is 10.4 Å². The fraction of sp³-hybridized carbons (Fsp3) is 0.400. The first-order chi connectivity index (χ1) is 8.63. The van der Waals surface area contributed by atoms with E-state index in [0.29, 0.717) is 5.02 Å². The molecule has 1 amide bonds. The number of aliphatic hydroxyl groups is 1. The summed E-state index contributed by atoms with van der Waals surface area (Å²) in [5, 5.41) is 13.3. The molecule has 3 nitrogen and oxygen atoms in total. The number of amides is 1. The molecular weight excluding hydrogens is 262 g/mol. The van der Waals surface area contributed by atoms with E-state index in [1.807, 2.05) is 18.2 Å². The van der Waals surface area contributed by atoms with E-state index >= 15 is 0 Å². The molecule has 104 valence electrons. The minimum absolute atomic E-state index is 0.271. The van der Waals surface area contributed by atoms with Crippen LogP contribution in [0.1, 0.15) is 33.3 Å². The molecule has 0 saturated carbocycles. The summed E-state index contributed by atoms with van der Waals surface area (Å²) in [6.07, 6.45) is 3.06. The first-order valence-corrected chi connectivity index (χ1v) is 6.48. The highest BCUT2D eigenvalue weighted by molar-refractivity contribution is 6.32. The first kappa shape index (κ1) is 15.7. The molecule has 4 heteroatoms. The zero-order valence-electron chi connectivity index (χ0n) is 11.7. The number of rotatable bonds is 4. The second-order valence-electron chi connectivity index (χ2n) is 5.53. The fourth-order valence-electron chi connectivity index (χ4n) is 1.28. The molecule has 19 heavy (non-hydrogen) atoms. The van der Waals surface area contributed by atoms with Gasteiger partial charge in [-0.1, -0.05) is 29.8 Å². The summed E-state index contributed by atoms with van der Waals surface area (Å²) in [6, 6.07) is 7.27. The number of halogens is 1. The van der Waals surface area contributed by atoms with Gasteiger partial charge in [0.2, 0.25) is 5.91 Å². The van der Waals surface area contributed by atoms with Crippen molar-refractivity contribution in [2.75, 3.05) is 0 Å². The van der Waals surface area contributed by atoms with Crippen LogP contribution in [0.5, 0.6) is 0 Å². The molecule has 0 bridgehead atoms. The monoisotopic (exact) mass is 281 g/mol. The topological polar surface area (TPSA) is 49.3 Å². The molecule has 0 aliphatic carbocycles. The van der Waals surface area contributed by atoms with Gasteiger partial charge in [-0.05, 0) is 45.4 Å². The summed E-state index contributed by atoms with van der Waals surface area (Å²) < 4.78 is 0. The van der Waals surface area contributed by atoms with Crippen LogP contribution in [0, 0.1) is 0 Å². The lowest BCUT2D eigenvalue weighted by atomic mass is 9.86. The number of hydrogen-bond donors (Lipinski definition) is 2. The Balaban J connectivity index is 2.74. The summed E-state index contributed by atoms with van der Waals surface area (Å²) in [5.74, 6) is -0.271. The molecule has 1 aromatic rings. The van der Waals surface area contributed by atoms with Gasteiger partial charge in [0, 0.05) is 11.1 Å². The Morgan fingerprint density at radius 1 is 1.26 bits per heavy atom. The minimum Gasteiger partial charge on any atom is -0.388 e. The molecule has 1 rings (SSSR count). The zero-order valence-corrected chi connectivity index (χ0v) is 12.5. The summed E-state index contributed by atoms with van der Waals surface area (Å²) in [7, 11) is 0. The van der Waals surface area contributed by atoms with Gasteiger partial charge in [0.1, 0.15) is 0 Å². The molecule has 1 aromatic carbocycles. The highest BCUT2D eigenvalue weighted by Gasteiger charge is 2.35. The number of carbonyl (C=O) groups is 1. The van der Waals surface area contributed by atoms with Gasteiger partial charge in [-0.3, -0.25) is 4.79 Å². The normalized spacial score (nSPS) is 12.7. The van der Waals surface area contributed by atoms with Crippen LogP contribution in [0.3, 0.4) is 0 Å². The lowest BCUT2D eigenvalue weighted by Crippen LogP contribution is -2.57. The molecule has 0 aromatic heterocycles. The predicted molar refractivity (Wildman–Crippen MR) is 79.0 cm³/mol. The van der Waals surface area contributed by atoms with E-state index in [1.54, 1.807) is 39.8 Å². The molecule has 0 atom stereocenters. The largest absolute Gasteiger partial charge is 0.388 e. The summed E-state index contributed by atoms with van der Waals surface area (Å²) >= 11 is 5.99. The molecular formula is C15H20ClNO2. The molecule has 0 saturated heterocycles. The van der Waals surface area contributed by atoms with Crippen LogP contribution < -0.4 is 5.32 Å². The van der Waals surface area contributed by atoms with E-state index in [-0.39, 0.29) is 5.91 Å². The standard InChI is InChI=1S/C15H20ClNO2/c1-14(2,15(3,4)19)17-13(18)10-9-11-7-5-6-8-12(11)16/h5-10,19H,1-4H3,(H,17,18)/b10-9+. The van der Waals surface area contributed by atoms with Crippen molar-refractivity contribution < 1.29 is 9.90 Å². The van der Waals surface area contributed by atoms with Gasteiger partial charge in [0.15, 0.2) is 0 Å². The zero-order chi connectivity index (χ0) is 14.7. The van der Waals surface area contributed by atoms with E-state index in [9.17, 15) is 9.90 Å². The van der Waals surface area contributed by atoms with Gasteiger partial charge in [0.05, 0.1) is 11.1 Å². The maximum atomic E-state index is 11.8. The molecule has 2 N–H and O–H groups in total. The second kappa shape index (κ2) is 5.76. The molecule has 0 aliphatic heterocycles. The van der Waals surface area contributed by atoms with Crippen LogP contribution in [-0.2, 0) is 4.79 Å². The van der Waals surface area contributed by atoms with Crippen LogP contribution in [0.15, 0.2) is 30.3 Å². The van der Waals surface area contributed by atoms with Gasteiger partial charge in [-0.2, -0.15) is 0 Å². The van der Waals surface area contributed by atoms with Crippen LogP contribution in [0.2, 0.25) is 5.02 Å². The van der Waals surface area contributed by atoms with E-state index < -0.39 is 11.1 Å². The molecule has 0 fully saturated rings. The number of benzene rings is 1. The molecule has 0 aliphatic rings. The summed E-state index contributed by atoms with van der Waals surface area (Å²) in [4.78, 5) is 11.8. The minimum atomic E-state index is -1.01. The van der Waals surface area contributed by atoms with Crippen molar-refractivity contribution >= 4 is 23.6 Å². The van der Waals surface area contributed by atoms with Crippen LogP contribution in [0.4, 0.5) is 0 Å². The Hall–Kier alpha value is -1.32. The SMILES string of the molecule is CC(C)(O)C(C)(C)NC(=O)/C=C/c1ccccc1Cl. The van der Waals surface area contributed by atoms with E-state index in [4.69, 9.17) is 11.6 Å². The fourth-order valence-corrected chi connectivity index (χ4v) is 1.48. The lowest BCUT2D eigenvalue weighted by molar-refractivity contribution is -0.121. The quantitative estimate of drug-likeness (QED) is 0.834. The summed E-state index contributed by atoms with van der Waals surface area (Å²) in [6.45, 7) is 6.86. The van der Waals surface area contributed by atoms with Gasteiger partial charge in [-0.25, -0.2) is 0 Å². The highest BCUT2D eigenvalue weighted by atomic mass is 35.5. The van der Waals surface area contributed by atoms with Crippen LogP contribution in [-0.4, -0.2) is 22.2 Å². The van der Waals surface area contributed by atoms with E-state index in [0.717, 1.165) is 5.56 Å². The van der Waals surface area contributed by atoms with E-state index in [2.05, 4.69) is 5.32 Å². The lowest BCUT2D eigenvalue weighted by Gasteiger charge is -2.37. The number of carbonyl (C=O) groups excluding carboxylic acids is 1. The third kappa shape index (κ3) is 4.37. The van der Waals surface area contributed by atoms with Crippen molar-refractivity contribution in [3.05, 3.63) is 40.9 Å².